The van der Waals surface area contributed by atoms with Crippen LogP contribution in [0.4, 0.5) is 0 Å². The summed E-state index contributed by atoms with van der Waals surface area (Å²) in [6.45, 7) is 7.79. The summed E-state index contributed by atoms with van der Waals surface area (Å²) in [5.74, 6) is 0. The van der Waals surface area contributed by atoms with Gasteiger partial charge in [-0.1, -0.05) is 35.3 Å². The molecule has 2 aliphatic heterocycles. The molecule has 2 aliphatic rings. The molecule has 1 atom stereocenters. The molecule has 2 saturated heterocycles. The minimum atomic E-state index is 0.655. The first-order valence-electron chi connectivity index (χ1n) is 7.34. The van der Waals surface area contributed by atoms with Gasteiger partial charge in [-0.05, 0) is 18.1 Å². The molecule has 2 fully saturated rings. The number of benzene rings is 1. The fraction of sp³-hybridized carbons (Fsp3) is 0.600. The molecule has 3 rings (SSSR count). The maximum Gasteiger partial charge on any atom is 0.0637 e. The molecule has 20 heavy (non-hydrogen) atoms. The fourth-order valence-corrected chi connectivity index (χ4v) is 3.59. The molecule has 1 N–H and O–H groups in total. The minimum absolute atomic E-state index is 0.655. The first-order valence-corrected chi connectivity index (χ1v) is 8.09. The Bertz CT molecular complexity index is 460. The Kier molecular flexibility index (Phi) is 4.84. The molecule has 0 bridgehead atoms. The van der Waals surface area contributed by atoms with Crippen LogP contribution >= 0.6 is 23.2 Å². The largest absolute Gasteiger partial charge is 0.314 e. The second-order valence-electron chi connectivity index (χ2n) is 5.68. The highest BCUT2D eigenvalue weighted by Crippen LogP contribution is 2.28. The van der Waals surface area contributed by atoms with Crippen molar-refractivity contribution in [2.45, 2.75) is 19.0 Å². The summed E-state index contributed by atoms with van der Waals surface area (Å²) in [4.78, 5) is 5.11. The van der Waals surface area contributed by atoms with E-state index < -0.39 is 0 Å². The summed E-state index contributed by atoms with van der Waals surface area (Å²) < 4.78 is 0. The highest BCUT2D eigenvalue weighted by molar-refractivity contribution is 6.42. The summed E-state index contributed by atoms with van der Waals surface area (Å²) in [5, 5.41) is 4.78. The molecule has 1 aromatic carbocycles. The van der Waals surface area contributed by atoms with Crippen molar-refractivity contribution in [3.05, 3.63) is 33.8 Å². The van der Waals surface area contributed by atoms with Gasteiger partial charge in [-0.15, -0.1) is 0 Å². The monoisotopic (exact) mass is 313 g/mol. The third-order valence-electron chi connectivity index (χ3n) is 4.34. The molecule has 1 unspecified atom stereocenters. The molecular weight excluding hydrogens is 293 g/mol. The van der Waals surface area contributed by atoms with Gasteiger partial charge in [-0.2, -0.15) is 0 Å². The van der Waals surface area contributed by atoms with Crippen LogP contribution in [-0.2, 0) is 6.54 Å². The second-order valence-corrected chi connectivity index (χ2v) is 6.46. The van der Waals surface area contributed by atoms with E-state index in [0.717, 1.165) is 38.3 Å². The van der Waals surface area contributed by atoms with Crippen molar-refractivity contribution in [3.8, 4) is 0 Å². The summed E-state index contributed by atoms with van der Waals surface area (Å²) in [6.07, 6.45) is 1.26. The Morgan fingerprint density at radius 3 is 2.75 bits per heavy atom. The van der Waals surface area contributed by atoms with Crippen molar-refractivity contribution < 1.29 is 0 Å². The number of nitrogens with one attached hydrogen (secondary N) is 1. The van der Waals surface area contributed by atoms with Gasteiger partial charge < -0.3 is 5.32 Å². The maximum absolute atomic E-state index is 6.28. The van der Waals surface area contributed by atoms with Crippen molar-refractivity contribution in [3.63, 3.8) is 0 Å². The van der Waals surface area contributed by atoms with Crippen molar-refractivity contribution in [2.24, 2.45) is 0 Å². The third kappa shape index (κ3) is 3.29. The predicted octanol–water partition coefficient (Wildman–Crippen LogP) is 2.47. The maximum atomic E-state index is 6.28. The van der Waals surface area contributed by atoms with Crippen molar-refractivity contribution in [2.75, 3.05) is 39.3 Å². The number of nitrogens with zero attached hydrogens (tertiary/aromatic N) is 2. The zero-order valence-electron chi connectivity index (χ0n) is 11.6. The normalized spacial score (nSPS) is 25.2. The van der Waals surface area contributed by atoms with Gasteiger partial charge in [0.15, 0.2) is 0 Å². The van der Waals surface area contributed by atoms with E-state index in [9.17, 15) is 0 Å². The Hall–Kier alpha value is -0.320. The van der Waals surface area contributed by atoms with Crippen LogP contribution in [0.15, 0.2) is 18.2 Å². The van der Waals surface area contributed by atoms with Crippen LogP contribution < -0.4 is 5.32 Å². The Labute approximate surface area is 130 Å². The lowest BCUT2D eigenvalue weighted by Gasteiger charge is -2.32. The van der Waals surface area contributed by atoms with Crippen LogP contribution in [0.5, 0.6) is 0 Å². The highest BCUT2D eigenvalue weighted by Gasteiger charge is 2.28. The molecule has 3 nitrogen and oxygen atoms in total. The van der Waals surface area contributed by atoms with Gasteiger partial charge in [0.05, 0.1) is 10.0 Å². The zero-order chi connectivity index (χ0) is 13.9. The molecular formula is C15H21Cl2N3. The average molecular weight is 314 g/mol. The van der Waals surface area contributed by atoms with E-state index >= 15 is 0 Å². The standard InChI is InChI=1S/C15H21Cl2N3/c16-14-3-1-2-12(15(14)17)10-19-7-4-13(11-19)20-8-5-18-6-9-20/h1-3,13,18H,4-11H2. The molecule has 0 aromatic heterocycles. The number of hydrogen-bond donors (Lipinski definition) is 1. The van der Waals surface area contributed by atoms with Crippen LogP contribution in [-0.4, -0.2) is 55.1 Å². The van der Waals surface area contributed by atoms with Crippen LogP contribution in [0.25, 0.3) is 0 Å². The van der Waals surface area contributed by atoms with Crippen LogP contribution in [0, 0.1) is 0 Å². The lowest BCUT2D eigenvalue weighted by atomic mass is 10.2. The van der Waals surface area contributed by atoms with Gasteiger partial charge in [0, 0.05) is 51.9 Å². The first-order chi connectivity index (χ1) is 9.74. The van der Waals surface area contributed by atoms with Crippen LogP contribution in [0.3, 0.4) is 0 Å². The fourth-order valence-electron chi connectivity index (χ4n) is 3.21. The Balaban J connectivity index is 1.58. The highest BCUT2D eigenvalue weighted by atomic mass is 35.5. The number of likely N-dealkylation sites (tertiary alicyclic amines) is 1. The van der Waals surface area contributed by atoms with E-state index in [-0.39, 0.29) is 0 Å². The molecule has 2 heterocycles. The average Bonchev–Trinajstić information content (AvgIpc) is 2.93. The van der Waals surface area contributed by atoms with E-state index in [2.05, 4.69) is 21.2 Å². The van der Waals surface area contributed by atoms with Gasteiger partial charge in [0.1, 0.15) is 0 Å². The summed E-state index contributed by atoms with van der Waals surface area (Å²) in [6, 6.07) is 6.61. The van der Waals surface area contributed by atoms with Crippen LogP contribution in [0.2, 0.25) is 10.0 Å². The van der Waals surface area contributed by atoms with Gasteiger partial charge in [-0.3, -0.25) is 9.80 Å². The van der Waals surface area contributed by atoms with E-state index in [1.807, 2.05) is 12.1 Å². The number of rotatable bonds is 3. The van der Waals surface area contributed by atoms with E-state index in [4.69, 9.17) is 23.2 Å². The summed E-state index contributed by atoms with van der Waals surface area (Å²) >= 11 is 12.4. The summed E-state index contributed by atoms with van der Waals surface area (Å²) in [7, 11) is 0. The molecule has 0 amide bonds. The second kappa shape index (κ2) is 6.63. The number of piperazine rings is 1. The zero-order valence-corrected chi connectivity index (χ0v) is 13.1. The molecule has 0 aliphatic carbocycles. The molecule has 110 valence electrons. The lowest BCUT2D eigenvalue weighted by molar-refractivity contribution is 0.170. The summed E-state index contributed by atoms with van der Waals surface area (Å²) in [5.41, 5.74) is 1.14. The van der Waals surface area contributed by atoms with Crippen molar-refractivity contribution in [1.82, 2.24) is 15.1 Å². The molecule has 0 spiro atoms. The van der Waals surface area contributed by atoms with Crippen molar-refractivity contribution >= 4 is 23.2 Å². The number of halogens is 2. The lowest BCUT2D eigenvalue weighted by Crippen LogP contribution is -2.49. The third-order valence-corrected chi connectivity index (χ3v) is 5.20. The smallest absolute Gasteiger partial charge is 0.0637 e. The molecule has 0 saturated carbocycles. The Morgan fingerprint density at radius 2 is 1.95 bits per heavy atom. The Morgan fingerprint density at radius 1 is 1.15 bits per heavy atom. The number of hydrogen-bond acceptors (Lipinski definition) is 3. The van der Waals surface area contributed by atoms with Crippen LogP contribution in [0.1, 0.15) is 12.0 Å². The van der Waals surface area contributed by atoms with Crippen molar-refractivity contribution in [1.29, 1.82) is 0 Å². The SMILES string of the molecule is Clc1cccc(CN2CCC(N3CCNCC3)C2)c1Cl. The minimum Gasteiger partial charge on any atom is -0.314 e. The molecule has 1 aromatic rings. The van der Waals surface area contributed by atoms with Gasteiger partial charge in [-0.25, -0.2) is 0 Å². The predicted molar refractivity (Wildman–Crippen MR) is 84.6 cm³/mol. The van der Waals surface area contributed by atoms with E-state index in [0.29, 0.717) is 16.1 Å². The van der Waals surface area contributed by atoms with Gasteiger partial charge >= 0.3 is 0 Å². The van der Waals surface area contributed by atoms with Gasteiger partial charge in [0.25, 0.3) is 0 Å². The van der Waals surface area contributed by atoms with Gasteiger partial charge in [0.2, 0.25) is 0 Å². The van der Waals surface area contributed by atoms with E-state index in [1.54, 1.807) is 0 Å². The van der Waals surface area contributed by atoms with E-state index in [1.165, 1.54) is 19.5 Å². The quantitative estimate of drug-likeness (QED) is 0.925. The first kappa shape index (κ1) is 14.6. The molecule has 0 radical (unpaired) electrons. The topological polar surface area (TPSA) is 18.5 Å². The molecule has 5 heteroatoms.